The van der Waals surface area contributed by atoms with Crippen LogP contribution in [0.4, 0.5) is 4.39 Å². The summed E-state index contributed by atoms with van der Waals surface area (Å²) in [7, 11) is 0. The smallest absolute Gasteiger partial charge is 0.253 e. The van der Waals surface area contributed by atoms with E-state index < -0.39 is 0 Å². The van der Waals surface area contributed by atoms with Crippen molar-refractivity contribution in [1.82, 2.24) is 30.0 Å². The lowest BCUT2D eigenvalue weighted by Crippen LogP contribution is -2.48. The standard InChI is InChI=1S/C19H18ClFN6O/c20-15-6-4-14(5-7-15)19(28)26-10-8-25(9-11-26)13-18-22-23-24-27(18)17-3-1-2-16(21)12-17/h1-7,12H,8-11,13H2. The van der Waals surface area contributed by atoms with E-state index >= 15 is 0 Å². The average molecular weight is 401 g/mol. The van der Waals surface area contributed by atoms with Gasteiger partial charge in [-0.1, -0.05) is 17.7 Å². The fraction of sp³-hybridized carbons (Fsp3) is 0.263. The molecule has 1 amide bonds. The maximum absolute atomic E-state index is 13.5. The summed E-state index contributed by atoms with van der Waals surface area (Å²) in [5.41, 5.74) is 1.21. The van der Waals surface area contributed by atoms with Crippen LogP contribution in [0.2, 0.25) is 5.02 Å². The number of amides is 1. The number of tetrazole rings is 1. The number of carbonyl (C=O) groups excluding carboxylic acids is 1. The Morgan fingerprint density at radius 3 is 2.54 bits per heavy atom. The molecule has 0 aliphatic carbocycles. The van der Waals surface area contributed by atoms with E-state index in [2.05, 4.69) is 20.4 Å². The second-order valence-electron chi connectivity index (χ2n) is 6.56. The summed E-state index contributed by atoms with van der Waals surface area (Å²) >= 11 is 5.88. The van der Waals surface area contributed by atoms with E-state index in [0.29, 0.717) is 54.8 Å². The van der Waals surface area contributed by atoms with Gasteiger partial charge in [0.2, 0.25) is 0 Å². The third-order valence-corrected chi connectivity index (χ3v) is 4.95. The largest absolute Gasteiger partial charge is 0.336 e. The van der Waals surface area contributed by atoms with Crippen molar-refractivity contribution in [3.8, 4) is 5.69 Å². The summed E-state index contributed by atoms with van der Waals surface area (Å²) in [6, 6.07) is 13.1. The van der Waals surface area contributed by atoms with Gasteiger partial charge in [0, 0.05) is 36.8 Å². The van der Waals surface area contributed by atoms with Crippen LogP contribution in [0.15, 0.2) is 48.5 Å². The van der Waals surface area contributed by atoms with Crippen molar-refractivity contribution in [2.24, 2.45) is 0 Å². The maximum atomic E-state index is 13.5. The van der Waals surface area contributed by atoms with E-state index in [1.807, 2.05) is 4.90 Å². The molecule has 0 N–H and O–H groups in total. The number of hydrogen-bond donors (Lipinski definition) is 0. The van der Waals surface area contributed by atoms with Gasteiger partial charge in [0.15, 0.2) is 5.82 Å². The van der Waals surface area contributed by atoms with Crippen LogP contribution in [0, 0.1) is 5.82 Å². The van der Waals surface area contributed by atoms with Crippen LogP contribution in [0.1, 0.15) is 16.2 Å². The van der Waals surface area contributed by atoms with Crippen molar-refractivity contribution in [3.05, 3.63) is 70.8 Å². The molecule has 1 fully saturated rings. The SMILES string of the molecule is O=C(c1ccc(Cl)cc1)N1CCN(Cc2nnnn2-c2cccc(F)c2)CC1. The van der Waals surface area contributed by atoms with Gasteiger partial charge in [-0.2, -0.15) is 4.68 Å². The molecule has 28 heavy (non-hydrogen) atoms. The predicted octanol–water partition coefficient (Wildman–Crippen LogP) is 2.41. The molecule has 0 radical (unpaired) electrons. The molecule has 0 atom stereocenters. The Morgan fingerprint density at radius 1 is 1.07 bits per heavy atom. The molecule has 1 aliphatic heterocycles. The molecule has 4 rings (SSSR count). The van der Waals surface area contributed by atoms with E-state index in [0.717, 1.165) is 0 Å². The number of benzene rings is 2. The zero-order valence-electron chi connectivity index (χ0n) is 15.0. The van der Waals surface area contributed by atoms with Gasteiger partial charge < -0.3 is 4.90 Å². The van der Waals surface area contributed by atoms with Crippen LogP contribution in [0.3, 0.4) is 0 Å². The zero-order valence-corrected chi connectivity index (χ0v) is 15.8. The van der Waals surface area contributed by atoms with E-state index in [-0.39, 0.29) is 11.7 Å². The van der Waals surface area contributed by atoms with Crippen molar-refractivity contribution in [3.63, 3.8) is 0 Å². The van der Waals surface area contributed by atoms with Crippen molar-refractivity contribution >= 4 is 17.5 Å². The molecular weight excluding hydrogens is 383 g/mol. The average Bonchev–Trinajstić information content (AvgIpc) is 3.17. The lowest BCUT2D eigenvalue weighted by atomic mass is 10.2. The van der Waals surface area contributed by atoms with E-state index in [9.17, 15) is 9.18 Å². The maximum Gasteiger partial charge on any atom is 0.253 e. The Bertz CT molecular complexity index is 969. The third-order valence-electron chi connectivity index (χ3n) is 4.70. The van der Waals surface area contributed by atoms with E-state index in [4.69, 9.17) is 11.6 Å². The number of carbonyl (C=O) groups is 1. The topological polar surface area (TPSA) is 67.2 Å². The van der Waals surface area contributed by atoms with Crippen LogP contribution >= 0.6 is 11.6 Å². The molecule has 0 unspecified atom stereocenters. The summed E-state index contributed by atoms with van der Waals surface area (Å²) in [6.45, 7) is 3.16. The van der Waals surface area contributed by atoms with E-state index in [1.54, 1.807) is 36.4 Å². The summed E-state index contributed by atoms with van der Waals surface area (Å²) in [4.78, 5) is 16.6. The molecule has 1 aromatic heterocycles. The fourth-order valence-electron chi connectivity index (χ4n) is 3.20. The minimum absolute atomic E-state index is 0.000843. The first-order chi connectivity index (χ1) is 13.6. The van der Waals surface area contributed by atoms with Gasteiger partial charge in [0.05, 0.1) is 12.2 Å². The Labute approximate surface area is 166 Å². The Morgan fingerprint density at radius 2 is 1.82 bits per heavy atom. The molecule has 1 aliphatic rings. The second-order valence-corrected chi connectivity index (χ2v) is 7.00. The van der Waals surface area contributed by atoms with Crippen LogP contribution in [0.5, 0.6) is 0 Å². The summed E-state index contributed by atoms with van der Waals surface area (Å²) in [6.07, 6.45) is 0. The molecule has 0 saturated carbocycles. The van der Waals surface area contributed by atoms with E-state index in [1.165, 1.54) is 16.8 Å². The first-order valence-corrected chi connectivity index (χ1v) is 9.28. The number of piperazine rings is 1. The van der Waals surface area contributed by atoms with Crippen LogP contribution in [0.25, 0.3) is 5.69 Å². The Hall–Kier alpha value is -2.84. The van der Waals surface area contributed by atoms with Crippen molar-refractivity contribution < 1.29 is 9.18 Å². The highest BCUT2D eigenvalue weighted by Gasteiger charge is 2.23. The van der Waals surface area contributed by atoms with Gasteiger partial charge in [-0.15, -0.1) is 5.10 Å². The Balaban J connectivity index is 1.38. The number of halogens is 2. The van der Waals surface area contributed by atoms with Crippen LogP contribution < -0.4 is 0 Å². The van der Waals surface area contributed by atoms with Crippen molar-refractivity contribution in [2.45, 2.75) is 6.54 Å². The minimum Gasteiger partial charge on any atom is -0.336 e. The number of nitrogens with zero attached hydrogens (tertiary/aromatic N) is 6. The highest BCUT2D eigenvalue weighted by molar-refractivity contribution is 6.30. The number of aromatic nitrogens is 4. The predicted molar refractivity (Wildman–Crippen MR) is 102 cm³/mol. The summed E-state index contributed by atoms with van der Waals surface area (Å²) in [5, 5.41) is 12.4. The number of hydrogen-bond acceptors (Lipinski definition) is 5. The van der Waals surface area contributed by atoms with Gasteiger partial charge in [-0.3, -0.25) is 9.69 Å². The minimum atomic E-state index is -0.340. The van der Waals surface area contributed by atoms with Gasteiger partial charge in [-0.25, -0.2) is 4.39 Å². The first-order valence-electron chi connectivity index (χ1n) is 8.90. The monoisotopic (exact) mass is 400 g/mol. The number of rotatable bonds is 4. The lowest BCUT2D eigenvalue weighted by Gasteiger charge is -2.34. The lowest BCUT2D eigenvalue weighted by molar-refractivity contribution is 0.0624. The fourth-order valence-corrected chi connectivity index (χ4v) is 3.32. The highest BCUT2D eigenvalue weighted by atomic mass is 35.5. The molecule has 9 heteroatoms. The molecule has 0 spiro atoms. The Kier molecular flexibility index (Phi) is 5.31. The van der Waals surface area contributed by atoms with Crippen molar-refractivity contribution in [2.75, 3.05) is 26.2 Å². The van der Waals surface area contributed by atoms with Gasteiger partial charge >= 0.3 is 0 Å². The first kappa shape index (κ1) is 18.5. The molecule has 2 heterocycles. The highest BCUT2D eigenvalue weighted by Crippen LogP contribution is 2.15. The van der Waals surface area contributed by atoms with Crippen LogP contribution in [-0.2, 0) is 6.54 Å². The second kappa shape index (κ2) is 8.04. The summed E-state index contributed by atoms with van der Waals surface area (Å²) < 4.78 is 15.0. The molecule has 3 aromatic rings. The molecule has 7 nitrogen and oxygen atoms in total. The molecule has 2 aromatic carbocycles. The molecule has 144 valence electrons. The quantitative estimate of drug-likeness (QED) is 0.672. The van der Waals surface area contributed by atoms with Crippen molar-refractivity contribution in [1.29, 1.82) is 0 Å². The summed E-state index contributed by atoms with van der Waals surface area (Å²) in [5.74, 6) is 0.289. The molecule has 0 bridgehead atoms. The van der Waals surface area contributed by atoms with Crippen LogP contribution in [-0.4, -0.2) is 62.1 Å². The third kappa shape index (κ3) is 4.02. The van der Waals surface area contributed by atoms with Gasteiger partial charge in [0.1, 0.15) is 5.82 Å². The molecular formula is C19H18ClFN6O. The normalized spacial score (nSPS) is 15.0. The van der Waals surface area contributed by atoms with Gasteiger partial charge in [0.25, 0.3) is 5.91 Å². The van der Waals surface area contributed by atoms with Gasteiger partial charge in [-0.05, 0) is 52.9 Å². The molecule has 1 saturated heterocycles. The zero-order chi connectivity index (χ0) is 19.5.